The van der Waals surface area contributed by atoms with E-state index >= 15 is 0 Å². The first kappa shape index (κ1) is 16.4. The first-order chi connectivity index (χ1) is 10.5. The van der Waals surface area contributed by atoms with Crippen LogP contribution in [0.5, 0.6) is 0 Å². The minimum absolute atomic E-state index is 0. The van der Waals surface area contributed by atoms with Crippen LogP contribution in [-0.4, -0.2) is 29.4 Å². The lowest BCUT2D eigenvalue weighted by Gasteiger charge is -2.08. The summed E-state index contributed by atoms with van der Waals surface area (Å²) in [5.41, 5.74) is 4.11. The van der Waals surface area contributed by atoms with E-state index in [0.717, 1.165) is 32.0 Å². The zero-order valence-corrected chi connectivity index (χ0v) is 15.5. The van der Waals surface area contributed by atoms with Crippen molar-refractivity contribution < 1.29 is 5.11 Å². The molecule has 4 rings (SSSR count). The monoisotopic (exact) mass is 443 g/mol. The number of rotatable bonds is 1. The largest absolute Gasteiger partial charge is 0.385 e. The van der Waals surface area contributed by atoms with Gasteiger partial charge in [-0.3, -0.25) is 0 Å². The Morgan fingerprint density at radius 2 is 2.13 bits per heavy atom. The molecule has 1 N–H and O–H groups in total. The minimum Gasteiger partial charge on any atom is -0.385 e. The Bertz CT molecular complexity index is 886. The van der Waals surface area contributed by atoms with E-state index in [2.05, 4.69) is 60.4 Å². The van der Waals surface area contributed by atoms with Crippen molar-refractivity contribution in [2.24, 2.45) is 0 Å². The van der Waals surface area contributed by atoms with Gasteiger partial charge in [0.2, 0.25) is 0 Å². The first-order valence-corrected chi connectivity index (χ1v) is 8.08. The predicted octanol–water partition coefficient (Wildman–Crippen LogP) is 2.88. The van der Waals surface area contributed by atoms with E-state index in [9.17, 15) is 5.11 Å². The van der Waals surface area contributed by atoms with E-state index in [1.807, 2.05) is 17.9 Å². The van der Waals surface area contributed by atoms with Crippen LogP contribution in [0.1, 0.15) is 30.2 Å². The molecule has 1 atom stereocenters. The highest BCUT2D eigenvalue weighted by atomic mass is 127. The normalized spacial score (nSPS) is 13.4. The second kappa shape index (κ2) is 5.88. The van der Waals surface area contributed by atoms with Crippen LogP contribution in [-0.2, 0) is 6.54 Å². The number of aromatic nitrogens is 5. The molecule has 0 saturated heterocycles. The van der Waals surface area contributed by atoms with Crippen molar-refractivity contribution >= 4 is 35.0 Å². The fourth-order valence-electron chi connectivity index (χ4n) is 2.75. The Balaban J connectivity index is 0.00000156. The summed E-state index contributed by atoms with van der Waals surface area (Å²) in [6.45, 7) is 4.27. The highest BCUT2D eigenvalue weighted by Crippen LogP contribution is 2.33. The fourth-order valence-corrected chi connectivity index (χ4v) is 3.24. The molecule has 2 aromatic heterocycles. The SMILES string of the molecule is Cc1ncn2c1Cn1nc(C(C)O)nc1-c1cc(I)ccc1-2.Cl. The van der Waals surface area contributed by atoms with Crippen LogP contribution in [0.15, 0.2) is 24.5 Å². The van der Waals surface area contributed by atoms with E-state index in [0.29, 0.717) is 12.4 Å². The maximum absolute atomic E-state index is 9.80. The number of nitrogens with zero attached hydrogens (tertiary/aromatic N) is 5. The molecule has 120 valence electrons. The standard InChI is InChI=1S/C15H14IN5O.ClH/c1-8-13-6-21-15(18-14(19-21)9(2)22)11-5-10(16)3-4-12(11)20(13)7-17-8;/h3-5,7,9,22H,6H2,1-2H3;1H. The number of imidazole rings is 1. The van der Waals surface area contributed by atoms with Crippen LogP contribution in [0.4, 0.5) is 0 Å². The predicted molar refractivity (Wildman–Crippen MR) is 97.0 cm³/mol. The van der Waals surface area contributed by atoms with Gasteiger partial charge < -0.3 is 9.67 Å². The molecule has 8 heteroatoms. The molecule has 0 aliphatic carbocycles. The molecule has 0 bridgehead atoms. The van der Waals surface area contributed by atoms with E-state index in [4.69, 9.17) is 0 Å². The topological polar surface area (TPSA) is 68.8 Å². The van der Waals surface area contributed by atoms with Crippen molar-refractivity contribution in [1.29, 1.82) is 0 Å². The molecular formula is C15H15ClIN5O. The van der Waals surface area contributed by atoms with Crippen LogP contribution < -0.4 is 0 Å². The van der Waals surface area contributed by atoms with Gasteiger partial charge in [-0.05, 0) is 54.6 Å². The average Bonchev–Trinajstić information content (AvgIpc) is 3.02. The van der Waals surface area contributed by atoms with Crippen LogP contribution in [0.25, 0.3) is 17.1 Å². The molecule has 1 unspecified atom stereocenters. The van der Waals surface area contributed by atoms with Gasteiger partial charge in [-0.1, -0.05) is 0 Å². The molecule has 1 aromatic carbocycles. The van der Waals surface area contributed by atoms with E-state index in [1.165, 1.54) is 0 Å². The minimum atomic E-state index is -0.684. The number of aliphatic hydroxyl groups excluding tert-OH is 1. The van der Waals surface area contributed by atoms with Crippen molar-refractivity contribution in [3.8, 4) is 17.1 Å². The maximum Gasteiger partial charge on any atom is 0.179 e. The van der Waals surface area contributed by atoms with Gasteiger partial charge >= 0.3 is 0 Å². The van der Waals surface area contributed by atoms with Gasteiger partial charge in [-0.25, -0.2) is 14.6 Å². The molecule has 3 heterocycles. The smallest absolute Gasteiger partial charge is 0.179 e. The van der Waals surface area contributed by atoms with Crippen LogP contribution in [0, 0.1) is 10.5 Å². The molecular weight excluding hydrogens is 429 g/mol. The van der Waals surface area contributed by atoms with Gasteiger partial charge in [-0.2, -0.15) is 5.10 Å². The van der Waals surface area contributed by atoms with Crippen molar-refractivity contribution in [3.63, 3.8) is 0 Å². The number of aliphatic hydroxyl groups is 1. The highest BCUT2D eigenvalue weighted by molar-refractivity contribution is 14.1. The lowest BCUT2D eigenvalue weighted by molar-refractivity contribution is 0.188. The molecule has 1 aliphatic heterocycles. The number of hydrogen-bond acceptors (Lipinski definition) is 4. The third-order valence-corrected chi connectivity index (χ3v) is 4.57. The summed E-state index contributed by atoms with van der Waals surface area (Å²) < 4.78 is 5.08. The molecule has 3 aromatic rings. The molecule has 0 radical (unpaired) electrons. The molecule has 6 nitrogen and oxygen atoms in total. The number of aryl methyl sites for hydroxylation is 1. The highest BCUT2D eigenvalue weighted by Gasteiger charge is 2.24. The fraction of sp³-hybridized carbons (Fsp3) is 0.267. The molecule has 0 amide bonds. The van der Waals surface area contributed by atoms with Crippen LogP contribution in [0.3, 0.4) is 0 Å². The van der Waals surface area contributed by atoms with Crippen molar-refractivity contribution in [3.05, 3.63) is 45.3 Å². The van der Waals surface area contributed by atoms with E-state index in [1.54, 1.807) is 6.92 Å². The molecule has 0 spiro atoms. The Morgan fingerprint density at radius 3 is 2.87 bits per heavy atom. The summed E-state index contributed by atoms with van der Waals surface area (Å²) in [4.78, 5) is 8.98. The Kier molecular flexibility index (Phi) is 4.19. The van der Waals surface area contributed by atoms with Crippen LogP contribution >= 0.6 is 35.0 Å². The number of halogens is 2. The van der Waals surface area contributed by atoms with Gasteiger partial charge in [-0.15, -0.1) is 12.4 Å². The number of benzene rings is 1. The Hall–Kier alpha value is -1.45. The molecule has 0 saturated carbocycles. The third-order valence-electron chi connectivity index (χ3n) is 3.90. The zero-order valence-electron chi connectivity index (χ0n) is 12.6. The third kappa shape index (κ3) is 2.56. The lowest BCUT2D eigenvalue weighted by Crippen LogP contribution is -2.06. The first-order valence-electron chi connectivity index (χ1n) is 7.00. The maximum atomic E-state index is 9.80. The lowest BCUT2D eigenvalue weighted by atomic mass is 10.1. The summed E-state index contributed by atoms with van der Waals surface area (Å²) >= 11 is 2.29. The van der Waals surface area contributed by atoms with Crippen molar-refractivity contribution in [2.75, 3.05) is 0 Å². The van der Waals surface area contributed by atoms with Gasteiger partial charge in [0.05, 0.1) is 29.9 Å². The summed E-state index contributed by atoms with van der Waals surface area (Å²) in [5.74, 6) is 1.23. The summed E-state index contributed by atoms with van der Waals surface area (Å²) in [7, 11) is 0. The molecule has 1 aliphatic rings. The van der Waals surface area contributed by atoms with Gasteiger partial charge in [0.1, 0.15) is 6.10 Å². The van der Waals surface area contributed by atoms with E-state index in [-0.39, 0.29) is 12.4 Å². The zero-order chi connectivity index (χ0) is 15.4. The summed E-state index contributed by atoms with van der Waals surface area (Å²) in [6.07, 6.45) is 1.16. The molecule has 23 heavy (non-hydrogen) atoms. The second-order valence-electron chi connectivity index (χ2n) is 5.44. The quantitative estimate of drug-likeness (QED) is 0.459. The number of fused-ring (bicyclic) bond motifs is 5. The van der Waals surface area contributed by atoms with Crippen molar-refractivity contribution in [1.82, 2.24) is 24.3 Å². The second-order valence-corrected chi connectivity index (χ2v) is 6.68. The van der Waals surface area contributed by atoms with E-state index < -0.39 is 6.10 Å². The Morgan fingerprint density at radius 1 is 1.35 bits per heavy atom. The van der Waals surface area contributed by atoms with Gasteiger partial charge in [0.15, 0.2) is 11.6 Å². The van der Waals surface area contributed by atoms with Crippen molar-refractivity contribution in [2.45, 2.75) is 26.5 Å². The summed E-state index contributed by atoms with van der Waals surface area (Å²) in [6, 6.07) is 6.24. The number of hydrogen-bond donors (Lipinski definition) is 1. The Labute approximate surface area is 153 Å². The average molecular weight is 444 g/mol. The molecule has 0 fully saturated rings. The van der Waals surface area contributed by atoms with Gasteiger partial charge in [0, 0.05) is 9.13 Å². The summed E-state index contributed by atoms with van der Waals surface area (Å²) in [5, 5.41) is 14.3. The van der Waals surface area contributed by atoms with Crippen LogP contribution in [0.2, 0.25) is 0 Å². The van der Waals surface area contributed by atoms with Gasteiger partial charge in [0.25, 0.3) is 0 Å².